The molecule has 0 amide bonds. The lowest BCUT2D eigenvalue weighted by Crippen LogP contribution is -2.36. The highest BCUT2D eigenvalue weighted by Crippen LogP contribution is 2.38. The van der Waals surface area contributed by atoms with Crippen molar-refractivity contribution in [1.29, 1.82) is 0 Å². The Morgan fingerprint density at radius 3 is 2.57 bits per heavy atom. The molecule has 1 unspecified atom stereocenters. The molecule has 1 aliphatic heterocycles. The lowest BCUT2D eigenvalue weighted by molar-refractivity contribution is 0.428. The van der Waals surface area contributed by atoms with Gasteiger partial charge in [0.25, 0.3) is 0 Å². The van der Waals surface area contributed by atoms with E-state index in [1.54, 1.807) is 0 Å². The number of hydrogen-bond donors (Lipinski definition) is 1. The summed E-state index contributed by atoms with van der Waals surface area (Å²) in [6.07, 6.45) is 8.29. The van der Waals surface area contributed by atoms with Gasteiger partial charge in [0.2, 0.25) is 0 Å². The monoisotopic (exact) mass is 288 g/mol. The summed E-state index contributed by atoms with van der Waals surface area (Å²) in [5.41, 5.74) is 1.22. The zero-order valence-corrected chi connectivity index (χ0v) is 13.7. The molecule has 116 valence electrons. The van der Waals surface area contributed by atoms with Gasteiger partial charge in [-0.25, -0.2) is 9.97 Å². The highest BCUT2D eigenvalue weighted by atomic mass is 15.3. The standard InChI is InChI=1S/C17H28N4/c1-4-18-16-12(2)17(20-13(3)19-16)21-11-7-10-15(21)14-8-5-6-9-14/h14-15H,4-11H2,1-3H3,(H,18,19,20). The Morgan fingerprint density at radius 1 is 1.10 bits per heavy atom. The van der Waals surface area contributed by atoms with Crippen LogP contribution in [0.15, 0.2) is 0 Å². The summed E-state index contributed by atoms with van der Waals surface area (Å²) in [4.78, 5) is 11.9. The third kappa shape index (κ3) is 2.85. The van der Waals surface area contributed by atoms with Gasteiger partial charge in [0.05, 0.1) is 0 Å². The summed E-state index contributed by atoms with van der Waals surface area (Å²) in [5, 5.41) is 3.39. The molecule has 2 fully saturated rings. The molecule has 1 atom stereocenters. The molecule has 3 rings (SSSR count). The second-order valence-corrected chi connectivity index (χ2v) is 6.55. The lowest BCUT2D eigenvalue weighted by Gasteiger charge is -2.32. The fourth-order valence-corrected chi connectivity index (χ4v) is 4.12. The molecule has 1 aromatic heterocycles. The summed E-state index contributed by atoms with van der Waals surface area (Å²) in [7, 11) is 0. The Bertz CT molecular complexity index is 494. The van der Waals surface area contributed by atoms with E-state index in [1.807, 2.05) is 6.92 Å². The Kier molecular flexibility index (Phi) is 4.32. The van der Waals surface area contributed by atoms with Crippen LogP contribution in [0.2, 0.25) is 0 Å². The van der Waals surface area contributed by atoms with Crippen molar-refractivity contribution in [2.45, 2.75) is 65.3 Å². The Morgan fingerprint density at radius 2 is 1.86 bits per heavy atom. The lowest BCUT2D eigenvalue weighted by atomic mass is 9.96. The minimum absolute atomic E-state index is 0.704. The molecule has 1 aromatic rings. The normalized spacial score (nSPS) is 23.0. The summed E-state index contributed by atoms with van der Waals surface area (Å²) < 4.78 is 0. The first-order valence-electron chi connectivity index (χ1n) is 8.56. The van der Waals surface area contributed by atoms with Gasteiger partial charge in [-0.3, -0.25) is 0 Å². The molecule has 4 heteroatoms. The van der Waals surface area contributed by atoms with Crippen molar-refractivity contribution in [2.75, 3.05) is 23.3 Å². The number of hydrogen-bond acceptors (Lipinski definition) is 4. The number of anilines is 2. The Hall–Kier alpha value is -1.32. The van der Waals surface area contributed by atoms with E-state index in [0.717, 1.165) is 30.6 Å². The molecule has 0 bridgehead atoms. The minimum Gasteiger partial charge on any atom is -0.370 e. The van der Waals surface area contributed by atoms with E-state index in [1.165, 1.54) is 49.9 Å². The van der Waals surface area contributed by atoms with Gasteiger partial charge < -0.3 is 10.2 Å². The number of aromatic nitrogens is 2. The van der Waals surface area contributed by atoms with Crippen LogP contribution in [0.5, 0.6) is 0 Å². The molecule has 1 aliphatic carbocycles. The van der Waals surface area contributed by atoms with E-state index < -0.39 is 0 Å². The molecular formula is C17H28N4. The SMILES string of the molecule is CCNc1nc(C)nc(N2CCCC2C2CCCC2)c1C. The van der Waals surface area contributed by atoms with Crippen LogP contribution in [0.4, 0.5) is 11.6 Å². The molecule has 0 aromatic carbocycles. The molecule has 0 radical (unpaired) electrons. The second kappa shape index (κ2) is 6.20. The maximum atomic E-state index is 4.79. The molecule has 1 saturated heterocycles. The average molecular weight is 288 g/mol. The third-order valence-corrected chi connectivity index (χ3v) is 5.09. The summed E-state index contributed by atoms with van der Waals surface area (Å²) in [5.74, 6) is 3.94. The van der Waals surface area contributed by atoms with Gasteiger partial charge in [-0.1, -0.05) is 12.8 Å². The maximum Gasteiger partial charge on any atom is 0.137 e. The van der Waals surface area contributed by atoms with Gasteiger partial charge in [-0.2, -0.15) is 0 Å². The first-order valence-corrected chi connectivity index (χ1v) is 8.56. The van der Waals surface area contributed by atoms with Crippen molar-refractivity contribution in [2.24, 2.45) is 5.92 Å². The first kappa shape index (κ1) is 14.6. The molecular weight excluding hydrogens is 260 g/mol. The number of rotatable bonds is 4. The average Bonchev–Trinajstić information content (AvgIpc) is 3.12. The van der Waals surface area contributed by atoms with Crippen molar-refractivity contribution in [1.82, 2.24) is 9.97 Å². The molecule has 1 N–H and O–H groups in total. The van der Waals surface area contributed by atoms with E-state index in [-0.39, 0.29) is 0 Å². The van der Waals surface area contributed by atoms with Crippen LogP contribution in [-0.2, 0) is 0 Å². The van der Waals surface area contributed by atoms with Gasteiger partial charge in [0.1, 0.15) is 17.5 Å². The predicted octanol–water partition coefficient (Wildman–Crippen LogP) is 3.68. The quantitative estimate of drug-likeness (QED) is 0.917. The predicted molar refractivity (Wildman–Crippen MR) is 88.0 cm³/mol. The van der Waals surface area contributed by atoms with Crippen LogP contribution in [0.3, 0.4) is 0 Å². The van der Waals surface area contributed by atoms with E-state index in [0.29, 0.717) is 6.04 Å². The van der Waals surface area contributed by atoms with E-state index in [9.17, 15) is 0 Å². The molecule has 4 nitrogen and oxygen atoms in total. The van der Waals surface area contributed by atoms with Crippen LogP contribution < -0.4 is 10.2 Å². The highest BCUT2D eigenvalue weighted by molar-refractivity contribution is 5.59. The molecule has 21 heavy (non-hydrogen) atoms. The fourth-order valence-electron chi connectivity index (χ4n) is 4.12. The van der Waals surface area contributed by atoms with Gasteiger partial charge in [-0.05, 0) is 52.4 Å². The largest absolute Gasteiger partial charge is 0.370 e. The van der Waals surface area contributed by atoms with Crippen LogP contribution in [0.25, 0.3) is 0 Å². The third-order valence-electron chi connectivity index (χ3n) is 5.09. The molecule has 2 aliphatic rings. The highest BCUT2D eigenvalue weighted by Gasteiger charge is 2.35. The van der Waals surface area contributed by atoms with Crippen molar-refractivity contribution in [3.8, 4) is 0 Å². The number of nitrogens with one attached hydrogen (secondary N) is 1. The van der Waals surface area contributed by atoms with Crippen LogP contribution in [0.1, 0.15) is 56.8 Å². The molecule has 0 spiro atoms. The summed E-state index contributed by atoms with van der Waals surface area (Å²) in [6.45, 7) is 8.35. The smallest absolute Gasteiger partial charge is 0.137 e. The fraction of sp³-hybridized carbons (Fsp3) is 0.765. The van der Waals surface area contributed by atoms with Crippen LogP contribution in [-0.4, -0.2) is 29.1 Å². The number of aryl methyl sites for hydroxylation is 1. The molecule has 2 heterocycles. The first-order chi connectivity index (χ1) is 10.2. The van der Waals surface area contributed by atoms with Crippen LogP contribution in [0, 0.1) is 19.8 Å². The number of nitrogens with zero attached hydrogens (tertiary/aromatic N) is 3. The van der Waals surface area contributed by atoms with Crippen molar-refractivity contribution in [3.63, 3.8) is 0 Å². The van der Waals surface area contributed by atoms with Crippen LogP contribution >= 0.6 is 0 Å². The minimum atomic E-state index is 0.704. The van der Waals surface area contributed by atoms with Crippen molar-refractivity contribution >= 4 is 11.6 Å². The summed E-state index contributed by atoms with van der Waals surface area (Å²) in [6, 6.07) is 0.704. The summed E-state index contributed by atoms with van der Waals surface area (Å²) >= 11 is 0. The zero-order chi connectivity index (χ0) is 14.8. The van der Waals surface area contributed by atoms with Crippen molar-refractivity contribution in [3.05, 3.63) is 11.4 Å². The van der Waals surface area contributed by atoms with E-state index in [2.05, 4.69) is 29.0 Å². The van der Waals surface area contributed by atoms with Gasteiger partial charge in [0, 0.05) is 24.7 Å². The zero-order valence-electron chi connectivity index (χ0n) is 13.7. The van der Waals surface area contributed by atoms with Gasteiger partial charge >= 0.3 is 0 Å². The van der Waals surface area contributed by atoms with E-state index in [4.69, 9.17) is 4.98 Å². The van der Waals surface area contributed by atoms with Gasteiger partial charge in [0.15, 0.2) is 0 Å². The maximum absolute atomic E-state index is 4.79. The van der Waals surface area contributed by atoms with Crippen molar-refractivity contribution < 1.29 is 0 Å². The Labute approximate surface area is 128 Å². The molecule has 1 saturated carbocycles. The topological polar surface area (TPSA) is 41.1 Å². The Balaban J connectivity index is 1.91. The van der Waals surface area contributed by atoms with E-state index >= 15 is 0 Å². The second-order valence-electron chi connectivity index (χ2n) is 6.55. The van der Waals surface area contributed by atoms with Gasteiger partial charge in [-0.15, -0.1) is 0 Å².